The molecule has 2 heterocycles. The summed E-state index contributed by atoms with van der Waals surface area (Å²) >= 11 is 0. The molecule has 2 N–H and O–H groups in total. The normalized spacial score (nSPS) is 22.1. The highest BCUT2D eigenvalue weighted by atomic mass is 16.2. The van der Waals surface area contributed by atoms with E-state index >= 15 is 0 Å². The van der Waals surface area contributed by atoms with Crippen molar-refractivity contribution in [3.05, 3.63) is 46.7 Å². The molecular weight excluding hydrogens is 344 g/mol. The molecule has 0 spiro atoms. The van der Waals surface area contributed by atoms with Crippen molar-refractivity contribution in [3.63, 3.8) is 0 Å². The monoisotopic (exact) mass is 368 g/mol. The fourth-order valence-electron chi connectivity index (χ4n) is 3.78. The zero-order chi connectivity index (χ0) is 19.1. The van der Waals surface area contributed by atoms with Crippen LogP contribution in [0.3, 0.4) is 0 Å². The number of carbonyl (C=O) groups excluding carboxylic acids is 3. The molecular formula is C20H24N4O3. The lowest BCUT2D eigenvalue weighted by Gasteiger charge is -2.33. The molecule has 1 aliphatic carbocycles. The number of urea groups is 1. The van der Waals surface area contributed by atoms with Crippen LogP contribution in [0.1, 0.15) is 36.9 Å². The summed E-state index contributed by atoms with van der Waals surface area (Å²) in [5.41, 5.74) is 3.22. The van der Waals surface area contributed by atoms with E-state index in [0.717, 1.165) is 24.0 Å². The van der Waals surface area contributed by atoms with Gasteiger partial charge in [0.05, 0.1) is 23.9 Å². The molecule has 27 heavy (non-hydrogen) atoms. The zero-order valence-corrected chi connectivity index (χ0v) is 15.6. The summed E-state index contributed by atoms with van der Waals surface area (Å²) in [6.07, 6.45) is 2.01. The molecule has 1 saturated carbocycles. The number of benzene rings is 1. The minimum atomic E-state index is -0.487. The first-order chi connectivity index (χ1) is 13.0. The van der Waals surface area contributed by atoms with Gasteiger partial charge in [-0.1, -0.05) is 29.8 Å². The lowest BCUT2D eigenvalue weighted by molar-refractivity contribution is -0.132. The van der Waals surface area contributed by atoms with Crippen LogP contribution in [-0.2, 0) is 9.59 Å². The SMILES string of the molecule is CCN1C(=O)N[C@H](c2cccc(C)c2)C2=C1CN(CC(=O)NC1CC1)C2=O. The first-order valence-electron chi connectivity index (χ1n) is 9.44. The second-order valence-corrected chi connectivity index (χ2v) is 7.40. The Morgan fingerprint density at radius 1 is 1.30 bits per heavy atom. The van der Waals surface area contributed by atoms with E-state index in [4.69, 9.17) is 0 Å². The molecule has 7 heteroatoms. The van der Waals surface area contributed by atoms with Crippen LogP contribution in [0, 0.1) is 6.92 Å². The Balaban J connectivity index is 1.63. The van der Waals surface area contributed by atoms with Gasteiger partial charge in [0, 0.05) is 12.6 Å². The van der Waals surface area contributed by atoms with Crippen LogP contribution in [0.15, 0.2) is 35.5 Å². The predicted octanol–water partition coefficient (Wildman–Crippen LogP) is 1.46. The highest BCUT2D eigenvalue weighted by molar-refractivity contribution is 6.03. The van der Waals surface area contributed by atoms with Crippen molar-refractivity contribution in [2.24, 2.45) is 0 Å². The lowest BCUT2D eigenvalue weighted by atomic mass is 9.94. The van der Waals surface area contributed by atoms with Gasteiger partial charge in [-0.15, -0.1) is 0 Å². The Bertz CT molecular complexity index is 843. The Labute approximate surface area is 158 Å². The number of hydrogen-bond acceptors (Lipinski definition) is 3. The van der Waals surface area contributed by atoms with Gasteiger partial charge in [-0.05, 0) is 32.3 Å². The van der Waals surface area contributed by atoms with Gasteiger partial charge in [-0.25, -0.2) is 4.79 Å². The number of nitrogens with zero attached hydrogens (tertiary/aromatic N) is 2. The molecule has 0 radical (unpaired) electrons. The molecule has 4 amide bonds. The standard InChI is InChI=1S/C20H24N4O3/c1-3-24-15-10-23(11-16(25)21-14-7-8-14)19(26)17(15)18(22-20(24)27)13-6-4-5-12(2)9-13/h4-6,9,14,18H,3,7-8,10-11H2,1-2H3,(H,21,25)(H,22,27)/t18-/m1/s1. The quantitative estimate of drug-likeness (QED) is 0.825. The third-order valence-corrected chi connectivity index (χ3v) is 5.27. The predicted molar refractivity (Wildman–Crippen MR) is 99.6 cm³/mol. The van der Waals surface area contributed by atoms with E-state index in [1.807, 2.05) is 38.1 Å². The fraction of sp³-hybridized carbons (Fsp3) is 0.450. The average Bonchev–Trinajstić information content (AvgIpc) is 3.38. The van der Waals surface area contributed by atoms with E-state index < -0.39 is 6.04 Å². The number of hydrogen-bond donors (Lipinski definition) is 2. The van der Waals surface area contributed by atoms with Crippen molar-refractivity contribution in [1.29, 1.82) is 0 Å². The summed E-state index contributed by atoms with van der Waals surface area (Å²) < 4.78 is 0. The van der Waals surface area contributed by atoms with Crippen molar-refractivity contribution >= 4 is 17.8 Å². The van der Waals surface area contributed by atoms with Crippen LogP contribution < -0.4 is 10.6 Å². The van der Waals surface area contributed by atoms with Crippen molar-refractivity contribution in [2.75, 3.05) is 19.6 Å². The Hall–Kier alpha value is -2.83. The molecule has 142 valence electrons. The molecule has 1 aromatic carbocycles. The highest BCUT2D eigenvalue weighted by Crippen LogP contribution is 2.36. The average molecular weight is 368 g/mol. The number of likely N-dealkylation sites (N-methyl/N-ethyl adjacent to an activating group) is 1. The molecule has 3 aliphatic rings. The molecule has 0 unspecified atom stereocenters. The lowest BCUT2D eigenvalue weighted by Crippen LogP contribution is -2.47. The molecule has 1 fully saturated rings. The van der Waals surface area contributed by atoms with Crippen LogP contribution >= 0.6 is 0 Å². The number of rotatable bonds is 5. The van der Waals surface area contributed by atoms with Gasteiger partial charge in [-0.3, -0.25) is 14.5 Å². The largest absolute Gasteiger partial charge is 0.352 e. The van der Waals surface area contributed by atoms with Crippen molar-refractivity contribution in [1.82, 2.24) is 20.4 Å². The molecule has 2 aliphatic heterocycles. The minimum Gasteiger partial charge on any atom is -0.352 e. The minimum absolute atomic E-state index is 0.0224. The first-order valence-corrected chi connectivity index (χ1v) is 9.44. The van der Waals surface area contributed by atoms with Gasteiger partial charge >= 0.3 is 6.03 Å². The Morgan fingerprint density at radius 3 is 2.74 bits per heavy atom. The third-order valence-electron chi connectivity index (χ3n) is 5.27. The second-order valence-electron chi connectivity index (χ2n) is 7.40. The summed E-state index contributed by atoms with van der Waals surface area (Å²) in [6.45, 7) is 4.64. The smallest absolute Gasteiger partial charge is 0.322 e. The van der Waals surface area contributed by atoms with Crippen molar-refractivity contribution in [3.8, 4) is 0 Å². The summed E-state index contributed by atoms with van der Waals surface area (Å²) in [7, 11) is 0. The maximum atomic E-state index is 13.1. The van der Waals surface area contributed by atoms with Gasteiger partial charge in [-0.2, -0.15) is 0 Å². The molecule has 0 bridgehead atoms. The molecule has 0 saturated heterocycles. The molecule has 1 aromatic rings. The van der Waals surface area contributed by atoms with Gasteiger partial charge in [0.1, 0.15) is 6.54 Å². The molecule has 0 aromatic heterocycles. The highest BCUT2D eigenvalue weighted by Gasteiger charge is 2.44. The molecule has 7 nitrogen and oxygen atoms in total. The Morgan fingerprint density at radius 2 is 2.07 bits per heavy atom. The second kappa shape index (κ2) is 6.72. The molecule has 1 atom stereocenters. The van der Waals surface area contributed by atoms with Crippen molar-refractivity contribution < 1.29 is 14.4 Å². The van der Waals surface area contributed by atoms with Gasteiger partial charge in [0.25, 0.3) is 5.91 Å². The summed E-state index contributed by atoms with van der Waals surface area (Å²) in [4.78, 5) is 41.0. The fourth-order valence-corrected chi connectivity index (χ4v) is 3.78. The first kappa shape index (κ1) is 17.6. The van der Waals surface area contributed by atoms with Crippen LogP contribution in [0.4, 0.5) is 4.79 Å². The van der Waals surface area contributed by atoms with Gasteiger partial charge in [0.15, 0.2) is 0 Å². The number of carbonyl (C=O) groups is 3. The third kappa shape index (κ3) is 3.29. The van der Waals surface area contributed by atoms with Crippen LogP contribution in [0.25, 0.3) is 0 Å². The number of amides is 4. The summed E-state index contributed by atoms with van der Waals surface area (Å²) in [5, 5.41) is 5.88. The van der Waals surface area contributed by atoms with E-state index in [1.54, 1.807) is 4.90 Å². The van der Waals surface area contributed by atoms with Gasteiger partial charge in [0.2, 0.25) is 5.91 Å². The van der Waals surface area contributed by atoms with E-state index in [9.17, 15) is 14.4 Å². The van der Waals surface area contributed by atoms with Crippen molar-refractivity contribution in [2.45, 2.75) is 38.8 Å². The molecule has 4 rings (SSSR count). The van der Waals surface area contributed by atoms with Gasteiger partial charge < -0.3 is 15.5 Å². The van der Waals surface area contributed by atoms with Crippen LogP contribution in [-0.4, -0.2) is 53.3 Å². The van der Waals surface area contributed by atoms with E-state index in [2.05, 4.69) is 10.6 Å². The van der Waals surface area contributed by atoms with Crippen LogP contribution in [0.5, 0.6) is 0 Å². The number of aryl methyl sites for hydroxylation is 1. The van der Waals surface area contributed by atoms with Crippen LogP contribution in [0.2, 0.25) is 0 Å². The maximum Gasteiger partial charge on any atom is 0.322 e. The number of nitrogens with one attached hydrogen (secondary N) is 2. The van der Waals surface area contributed by atoms with E-state index in [1.165, 1.54) is 4.90 Å². The maximum absolute atomic E-state index is 13.1. The topological polar surface area (TPSA) is 81.8 Å². The zero-order valence-electron chi connectivity index (χ0n) is 15.6. The van der Waals surface area contributed by atoms with E-state index in [-0.39, 0.29) is 37.0 Å². The van der Waals surface area contributed by atoms with E-state index in [0.29, 0.717) is 17.8 Å². The Kier molecular flexibility index (Phi) is 4.37. The summed E-state index contributed by atoms with van der Waals surface area (Å²) in [6, 6.07) is 7.36. The summed E-state index contributed by atoms with van der Waals surface area (Å²) in [5.74, 6) is -0.318.